The van der Waals surface area contributed by atoms with Crippen LogP contribution in [0.25, 0.3) is 0 Å². The van der Waals surface area contributed by atoms with Crippen LogP contribution in [0.3, 0.4) is 0 Å². The van der Waals surface area contributed by atoms with Gasteiger partial charge in [0.05, 0.1) is 94.7 Å². The van der Waals surface area contributed by atoms with Gasteiger partial charge in [-0.3, -0.25) is 76.7 Å². The summed E-state index contributed by atoms with van der Waals surface area (Å²) in [6.07, 6.45) is 0. The van der Waals surface area contributed by atoms with E-state index in [1.54, 1.807) is 55.4 Å². The first-order valence-corrected chi connectivity index (χ1v) is 50.0. The Labute approximate surface area is 863 Å². The van der Waals surface area contributed by atoms with Crippen LogP contribution in [0.2, 0.25) is 0 Å². The number of rotatable bonds is 36. The molecule has 0 fully saturated rings. The van der Waals surface area contributed by atoms with E-state index in [1.165, 1.54) is 287 Å². The largest absolute Gasteiger partial charge is 0.426 e. The molecule has 8 aromatic carbocycles. The normalized spacial score (nSPS) is 14.0. The molecule has 9 rings (SSSR count). The van der Waals surface area contributed by atoms with Crippen molar-refractivity contribution in [2.75, 3.05) is 0 Å². The van der Waals surface area contributed by atoms with Gasteiger partial charge in [0, 0.05) is 68.2 Å². The molecule has 0 amide bonds. The Balaban J connectivity index is 1.99. The molecule has 32 nitrogen and oxygen atoms in total. The van der Waals surface area contributed by atoms with Gasteiger partial charge in [-0.25, -0.2) is 0 Å². The van der Waals surface area contributed by atoms with Crippen LogP contribution in [0, 0.1) is 94.7 Å². The smallest absolute Gasteiger partial charge is 0.314 e. The Kier molecular flexibility index (Phi) is 39.6. The van der Waals surface area contributed by atoms with Crippen molar-refractivity contribution in [1.29, 1.82) is 0 Å². The second-order valence-electron chi connectivity index (χ2n) is 41.4. The monoisotopic (exact) mass is 2040 g/mol. The van der Waals surface area contributed by atoms with Crippen LogP contribution in [0.5, 0.6) is 92.0 Å². The Bertz CT molecular complexity index is 5390. The van der Waals surface area contributed by atoms with Crippen molar-refractivity contribution < 1.29 is 153 Å². The van der Waals surface area contributed by atoms with E-state index in [0.717, 1.165) is 0 Å². The van der Waals surface area contributed by atoms with Gasteiger partial charge >= 0.3 is 95.5 Å². The lowest BCUT2D eigenvalue weighted by atomic mass is 9.74. The van der Waals surface area contributed by atoms with Crippen LogP contribution in [0.4, 0.5) is 0 Å². The molecule has 0 saturated carbocycles. The van der Waals surface area contributed by atoms with Crippen molar-refractivity contribution in [1.82, 2.24) is 0 Å². The molecule has 0 saturated heterocycles. The summed E-state index contributed by atoms with van der Waals surface area (Å²) in [4.78, 5) is 247. The maximum Gasteiger partial charge on any atom is 0.314 e. The molecule has 0 atom stereocenters. The summed E-state index contributed by atoms with van der Waals surface area (Å²) >= 11 is 0. The molecule has 8 aromatic rings. The van der Waals surface area contributed by atoms with Gasteiger partial charge in [0.2, 0.25) is 23.0 Å². The number of esters is 16. The Morgan fingerprint density at radius 1 is 0.135 bits per heavy atom. The summed E-state index contributed by atoms with van der Waals surface area (Å²) < 4.78 is 107. The summed E-state index contributed by atoms with van der Waals surface area (Å²) in [5, 5.41) is 0. The summed E-state index contributed by atoms with van der Waals surface area (Å²) in [6, 6.07) is 27.5. The van der Waals surface area contributed by atoms with E-state index in [0.29, 0.717) is 0 Å². The number of carbonyl (C=O) groups excluding carboxylic acids is 16. The van der Waals surface area contributed by atoms with E-state index in [4.69, 9.17) is 75.8 Å². The van der Waals surface area contributed by atoms with Crippen LogP contribution in [0.1, 0.15) is 312 Å². The minimum Gasteiger partial charge on any atom is -0.426 e. The van der Waals surface area contributed by atoms with Gasteiger partial charge in [0.25, 0.3) is 0 Å². The summed E-state index contributed by atoms with van der Waals surface area (Å²) in [5.74, 6) is -52.7. The van der Waals surface area contributed by atoms with Crippen LogP contribution >= 0.6 is 0 Å². The SMILES string of the molecule is CC(C)C(=O)Oc1ccc(C2c3cc(c(OC(=O)C(C)C)c(OC(=O)C(C)C)c3OC(=O)C(C)C)C(c3ccc(OC(=O)C(C)C)cc3)c3cc(c(OC(=O)C(C)C)c(OC(=O)C(C)C)c3OC(=O)C(C)C)C(c3ccc(OC(=O)C(C)C)cc3)c3cc(c(OC(=O)C(C)C)c(OC(=O)C(C)C)c3OC(=O)C(C)C)C(c3ccc(OC(=O)C(C)C)cc3)c3cc2c(OC(=O)C(C)C)c(OC(=O)C(C)C)c3OC(=O)C(C)C)cc1. The van der Waals surface area contributed by atoms with Crippen LogP contribution in [-0.2, 0) is 76.7 Å². The fourth-order valence-electron chi connectivity index (χ4n) is 14.2. The van der Waals surface area contributed by atoms with Gasteiger partial charge in [-0.05, 0) is 95.1 Å². The molecule has 0 unspecified atom stereocenters. The second kappa shape index (κ2) is 50.1. The predicted molar refractivity (Wildman–Crippen MR) is 543 cm³/mol. The maximum absolute atomic E-state index is 15.9. The molecule has 0 aromatic heterocycles. The minimum atomic E-state index is -2.09. The number of fused-ring (bicyclic) bond motifs is 8. The Morgan fingerprint density at radius 3 is 0.318 bits per heavy atom. The zero-order valence-electron chi connectivity index (χ0n) is 90.2. The molecule has 148 heavy (non-hydrogen) atoms. The molecular formula is C116H136O32. The average Bonchev–Trinajstić information content (AvgIpc) is 0.711. The quantitative estimate of drug-likeness (QED) is 0.0260. The third-order valence-corrected chi connectivity index (χ3v) is 23.2. The lowest BCUT2D eigenvalue weighted by Crippen LogP contribution is -2.26. The number of ether oxygens (including phenoxy) is 16. The number of hydrogen-bond acceptors (Lipinski definition) is 32. The maximum atomic E-state index is 15.9. The average molecular weight is 2040 g/mol. The first-order valence-electron chi connectivity index (χ1n) is 50.0. The highest BCUT2D eigenvalue weighted by atomic mass is 16.6. The third kappa shape index (κ3) is 28.2. The molecular weight excluding hydrogens is 1910 g/mol. The van der Waals surface area contributed by atoms with E-state index >= 15 is 57.5 Å². The Morgan fingerprint density at radius 2 is 0.223 bits per heavy atom. The van der Waals surface area contributed by atoms with Crippen LogP contribution in [-0.4, -0.2) is 95.5 Å². The number of hydrogen-bond donors (Lipinski definition) is 0. The first-order chi connectivity index (χ1) is 69.2. The zero-order chi connectivity index (χ0) is 110. The first kappa shape index (κ1) is 117. The topological polar surface area (TPSA) is 421 Å². The van der Waals surface area contributed by atoms with Crippen molar-refractivity contribution >= 4 is 95.5 Å². The van der Waals surface area contributed by atoms with E-state index in [2.05, 4.69) is 0 Å². The molecule has 0 spiro atoms. The third-order valence-electron chi connectivity index (χ3n) is 23.2. The van der Waals surface area contributed by atoms with Crippen LogP contribution in [0.15, 0.2) is 121 Å². The molecule has 1 aliphatic rings. The predicted octanol–water partition coefficient (Wildman–Crippen LogP) is 21.7. The van der Waals surface area contributed by atoms with E-state index in [-0.39, 0.29) is 45.3 Å². The van der Waals surface area contributed by atoms with Crippen molar-refractivity contribution in [3.05, 3.63) is 188 Å². The van der Waals surface area contributed by atoms with Gasteiger partial charge < -0.3 is 75.8 Å². The van der Waals surface area contributed by atoms with Gasteiger partial charge in [0.1, 0.15) is 23.0 Å². The van der Waals surface area contributed by atoms with Gasteiger partial charge in [-0.1, -0.05) is 270 Å². The highest BCUT2D eigenvalue weighted by molar-refractivity contribution is 5.92. The van der Waals surface area contributed by atoms with Crippen molar-refractivity contribution in [3.8, 4) is 92.0 Å². The number of benzene rings is 8. The van der Waals surface area contributed by atoms with Gasteiger partial charge in [-0.15, -0.1) is 0 Å². The molecule has 0 aliphatic heterocycles. The molecule has 32 heteroatoms. The van der Waals surface area contributed by atoms with Crippen molar-refractivity contribution in [2.24, 2.45) is 94.7 Å². The summed E-state index contributed by atoms with van der Waals surface area (Å²) in [7, 11) is 0. The summed E-state index contributed by atoms with van der Waals surface area (Å²) in [5.41, 5.74) is -4.00. The van der Waals surface area contributed by atoms with Gasteiger partial charge in [-0.2, -0.15) is 0 Å². The van der Waals surface area contributed by atoms with E-state index in [1.807, 2.05) is 0 Å². The van der Waals surface area contributed by atoms with E-state index < -0.39 is 327 Å². The molecule has 8 bridgehead atoms. The molecule has 0 N–H and O–H groups in total. The fraction of sp³-hybridized carbons (Fsp3) is 0.448. The number of carbonyl (C=O) groups is 16. The lowest BCUT2D eigenvalue weighted by Gasteiger charge is -2.34. The minimum absolute atomic E-state index is 0.0816. The standard InChI is InChI=1S/C116H136O32/c1-53(2)101(117)133-73-41-33-69(34-42-73)85-77-49-79(91(139-107(123)59(13)14)97(145-113(129)65(25)26)89(77)137-105(121)57(9)10)86(70-35-43-74(44-36-70)134-102(118)54(3)4)81-51-83(95(143-111(127)63(21)22)99(147-115(131)67(29)30)93(81)141-109(125)61(17)18)88(72-39-47-76(48-40-72)136-104(120)56(7)8)84-52-82(94(142-110(126)62(19)20)100(148-116(132)68(31)32)96(84)144-112(128)64(23)24)87(71-37-45-75(46-38-71)135-103(119)55(5)6)80-50-78(85)90(138-106(122)58(11)12)98(146-114(130)66(27)28)92(80)140-108(124)60(15)16/h33-68,85-88H,1-32H3. The van der Waals surface area contributed by atoms with E-state index in [9.17, 15) is 19.2 Å². The molecule has 792 valence electrons. The highest BCUT2D eigenvalue weighted by Gasteiger charge is 2.48. The summed E-state index contributed by atoms with van der Waals surface area (Å²) in [6.45, 7) is 47.5. The van der Waals surface area contributed by atoms with Crippen molar-refractivity contribution in [3.63, 3.8) is 0 Å². The molecule has 0 heterocycles. The zero-order valence-corrected chi connectivity index (χ0v) is 90.2. The van der Waals surface area contributed by atoms with Gasteiger partial charge in [0.15, 0.2) is 46.0 Å². The van der Waals surface area contributed by atoms with Crippen LogP contribution < -0.4 is 75.8 Å². The van der Waals surface area contributed by atoms with Crippen molar-refractivity contribution in [2.45, 2.75) is 245 Å². The molecule has 0 radical (unpaired) electrons. The highest BCUT2D eigenvalue weighted by Crippen LogP contribution is 2.64. The lowest BCUT2D eigenvalue weighted by molar-refractivity contribution is -0.141. The Hall–Kier alpha value is -14.7. The second-order valence-corrected chi connectivity index (χ2v) is 41.4. The fourth-order valence-corrected chi connectivity index (χ4v) is 14.2. The molecule has 1 aliphatic carbocycles.